The molecule has 7 heteroatoms. The number of amides is 2. The van der Waals surface area contributed by atoms with Gasteiger partial charge in [-0.3, -0.25) is 0 Å². The first-order valence-corrected chi connectivity index (χ1v) is 9.48. The number of rotatable bonds is 6. The molecule has 0 fully saturated rings. The Hall–Kier alpha value is -2.80. The Balaban J connectivity index is 1.96. The third kappa shape index (κ3) is 4.49. The number of hydrogen-bond acceptors (Lipinski definition) is 4. The lowest BCUT2D eigenvalue weighted by atomic mass is 9.95. The van der Waals surface area contributed by atoms with E-state index in [1.807, 2.05) is 30.3 Å². The number of urea groups is 1. The molecule has 0 saturated heterocycles. The van der Waals surface area contributed by atoms with E-state index in [0.29, 0.717) is 16.2 Å². The van der Waals surface area contributed by atoms with Crippen molar-refractivity contribution in [3.63, 3.8) is 0 Å². The predicted octanol–water partition coefficient (Wildman–Crippen LogP) is 3.79. The van der Waals surface area contributed by atoms with E-state index in [2.05, 4.69) is 10.6 Å². The van der Waals surface area contributed by atoms with Crippen LogP contribution in [0, 0.1) is 5.82 Å². The van der Waals surface area contributed by atoms with Gasteiger partial charge < -0.3 is 15.4 Å². The van der Waals surface area contributed by atoms with E-state index < -0.39 is 18.0 Å². The van der Waals surface area contributed by atoms with Crippen LogP contribution in [0.25, 0.3) is 0 Å². The standard InChI is InChI=1S/C20H19FN2O3S/c1-2-26-19(24)17-15(12-27-16-11-7-6-10-14(16)21)22-20(25)23-18(17)13-8-4-3-5-9-13/h3-11,18H,2,12H2,1H3,(H2,22,23,25). The van der Waals surface area contributed by atoms with Gasteiger partial charge >= 0.3 is 12.0 Å². The van der Waals surface area contributed by atoms with Gasteiger partial charge in [0, 0.05) is 16.3 Å². The maximum absolute atomic E-state index is 13.9. The second-order valence-electron chi connectivity index (χ2n) is 5.77. The Labute approximate surface area is 161 Å². The molecule has 2 N–H and O–H groups in total. The first-order valence-electron chi connectivity index (χ1n) is 8.50. The van der Waals surface area contributed by atoms with Gasteiger partial charge in [-0.2, -0.15) is 0 Å². The predicted molar refractivity (Wildman–Crippen MR) is 102 cm³/mol. The van der Waals surface area contributed by atoms with Crippen molar-refractivity contribution < 1.29 is 18.7 Å². The van der Waals surface area contributed by atoms with Crippen molar-refractivity contribution in [3.05, 3.63) is 77.2 Å². The molecular formula is C20H19FN2O3S. The Morgan fingerprint density at radius 3 is 2.56 bits per heavy atom. The molecule has 0 spiro atoms. The zero-order chi connectivity index (χ0) is 19.2. The van der Waals surface area contributed by atoms with Crippen molar-refractivity contribution in [1.29, 1.82) is 0 Å². The lowest BCUT2D eigenvalue weighted by Gasteiger charge is -2.29. The summed E-state index contributed by atoms with van der Waals surface area (Å²) in [4.78, 5) is 25.2. The van der Waals surface area contributed by atoms with Crippen LogP contribution in [0.2, 0.25) is 0 Å². The Kier molecular flexibility index (Phi) is 6.13. The van der Waals surface area contributed by atoms with Gasteiger partial charge in [0.2, 0.25) is 0 Å². The molecule has 2 aromatic carbocycles. The topological polar surface area (TPSA) is 67.4 Å². The summed E-state index contributed by atoms with van der Waals surface area (Å²) in [5.41, 5.74) is 1.51. The molecule has 1 unspecified atom stereocenters. The summed E-state index contributed by atoms with van der Waals surface area (Å²) in [6.45, 7) is 1.93. The van der Waals surface area contributed by atoms with Gasteiger partial charge in [0.05, 0.1) is 18.2 Å². The van der Waals surface area contributed by atoms with Crippen molar-refractivity contribution >= 4 is 23.8 Å². The van der Waals surface area contributed by atoms with Crippen LogP contribution in [0.5, 0.6) is 0 Å². The van der Waals surface area contributed by atoms with E-state index in [0.717, 1.165) is 5.56 Å². The molecule has 0 bridgehead atoms. The van der Waals surface area contributed by atoms with Gasteiger partial charge in [-0.1, -0.05) is 42.5 Å². The molecule has 0 radical (unpaired) electrons. The summed E-state index contributed by atoms with van der Waals surface area (Å²) in [6.07, 6.45) is 0. The fraction of sp³-hybridized carbons (Fsp3) is 0.200. The number of nitrogens with one attached hydrogen (secondary N) is 2. The minimum absolute atomic E-state index is 0.214. The molecule has 140 valence electrons. The monoisotopic (exact) mass is 386 g/mol. The minimum atomic E-state index is -0.629. The Bertz CT molecular complexity index is 871. The van der Waals surface area contributed by atoms with Crippen LogP contribution in [0.1, 0.15) is 18.5 Å². The van der Waals surface area contributed by atoms with Crippen LogP contribution in [-0.2, 0) is 9.53 Å². The smallest absolute Gasteiger partial charge is 0.338 e. The summed E-state index contributed by atoms with van der Waals surface area (Å²) in [6, 6.07) is 14.5. The number of thioether (sulfide) groups is 1. The van der Waals surface area contributed by atoms with E-state index in [1.54, 1.807) is 25.1 Å². The highest BCUT2D eigenvalue weighted by molar-refractivity contribution is 7.99. The van der Waals surface area contributed by atoms with Gasteiger partial charge in [0.15, 0.2) is 0 Å². The van der Waals surface area contributed by atoms with Gasteiger partial charge in [0.1, 0.15) is 5.82 Å². The van der Waals surface area contributed by atoms with Crippen LogP contribution < -0.4 is 10.6 Å². The molecule has 2 amide bonds. The van der Waals surface area contributed by atoms with Crippen LogP contribution in [0.4, 0.5) is 9.18 Å². The minimum Gasteiger partial charge on any atom is -0.463 e. The van der Waals surface area contributed by atoms with E-state index in [9.17, 15) is 14.0 Å². The fourth-order valence-corrected chi connectivity index (χ4v) is 3.70. The highest BCUT2D eigenvalue weighted by atomic mass is 32.2. The molecule has 1 aliphatic rings. The van der Waals surface area contributed by atoms with Crippen LogP contribution in [0.15, 0.2) is 70.8 Å². The van der Waals surface area contributed by atoms with Crippen LogP contribution in [0.3, 0.4) is 0 Å². The van der Waals surface area contributed by atoms with Gasteiger partial charge in [-0.15, -0.1) is 11.8 Å². The van der Waals surface area contributed by atoms with Crippen LogP contribution >= 0.6 is 11.8 Å². The largest absolute Gasteiger partial charge is 0.463 e. The SMILES string of the molecule is CCOC(=O)C1=C(CSc2ccccc2F)NC(=O)NC1c1ccccc1. The first-order chi connectivity index (χ1) is 13.1. The highest BCUT2D eigenvalue weighted by Crippen LogP contribution is 2.31. The molecule has 27 heavy (non-hydrogen) atoms. The number of benzene rings is 2. The maximum Gasteiger partial charge on any atom is 0.338 e. The highest BCUT2D eigenvalue weighted by Gasteiger charge is 2.33. The molecule has 2 aromatic rings. The molecular weight excluding hydrogens is 367 g/mol. The quantitative estimate of drug-likeness (QED) is 0.586. The average molecular weight is 386 g/mol. The molecule has 1 aliphatic heterocycles. The Morgan fingerprint density at radius 2 is 1.85 bits per heavy atom. The zero-order valence-electron chi connectivity index (χ0n) is 14.7. The average Bonchev–Trinajstić information content (AvgIpc) is 2.67. The summed E-state index contributed by atoms with van der Waals surface area (Å²) < 4.78 is 19.1. The second-order valence-corrected chi connectivity index (χ2v) is 6.79. The molecule has 1 atom stereocenters. The lowest BCUT2D eigenvalue weighted by molar-refractivity contribution is -0.139. The van der Waals surface area contributed by atoms with Crippen molar-refractivity contribution in [1.82, 2.24) is 10.6 Å². The number of ether oxygens (including phenoxy) is 1. The van der Waals surface area contributed by atoms with Crippen molar-refractivity contribution in [2.75, 3.05) is 12.4 Å². The summed E-state index contributed by atoms with van der Waals surface area (Å²) in [7, 11) is 0. The molecule has 1 heterocycles. The molecule has 5 nitrogen and oxygen atoms in total. The maximum atomic E-state index is 13.9. The zero-order valence-corrected chi connectivity index (χ0v) is 15.5. The van der Waals surface area contributed by atoms with E-state index in [4.69, 9.17) is 4.74 Å². The number of carbonyl (C=O) groups is 2. The fourth-order valence-electron chi connectivity index (χ4n) is 2.79. The third-order valence-corrected chi connectivity index (χ3v) is 5.07. The molecule has 0 aromatic heterocycles. The van der Waals surface area contributed by atoms with Gasteiger partial charge in [-0.25, -0.2) is 14.0 Å². The molecule has 0 aliphatic carbocycles. The first kappa shape index (κ1) is 19.0. The van der Waals surface area contributed by atoms with Crippen molar-refractivity contribution in [2.45, 2.75) is 17.9 Å². The summed E-state index contributed by atoms with van der Waals surface area (Å²) in [5.74, 6) is -0.630. The second kappa shape index (κ2) is 8.73. The van der Waals surface area contributed by atoms with E-state index in [-0.39, 0.29) is 18.2 Å². The summed E-state index contributed by atoms with van der Waals surface area (Å²) in [5, 5.41) is 5.45. The Morgan fingerprint density at radius 1 is 1.15 bits per heavy atom. The normalized spacial score (nSPS) is 16.5. The van der Waals surface area contributed by atoms with E-state index >= 15 is 0 Å². The molecule has 0 saturated carbocycles. The van der Waals surface area contributed by atoms with Crippen molar-refractivity contribution in [2.24, 2.45) is 0 Å². The van der Waals surface area contributed by atoms with E-state index in [1.165, 1.54) is 17.8 Å². The molecule has 3 rings (SSSR count). The third-order valence-electron chi connectivity index (χ3n) is 3.99. The van der Waals surface area contributed by atoms with Crippen molar-refractivity contribution in [3.8, 4) is 0 Å². The lowest BCUT2D eigenvalue weighted by Crippen LogP contribution is -2.46. The number of halogens is 1. The number of hydrogen-bond donors (Lipinski definition) is 2. The van der Waals surface area contributed by atoms with Crippen LogP contribution in [-0.4, -0.2) is 24.4 Å². The number of carbonyl (C=O) groups excluding carboxylic acids is 2. The van der Waals surface area contributed by atoms with Gasteiger partial charge in [-0.05, 0) is 24.6 Å². The van der Waals surface area contributed by atoms with Gasteiger partial charge in [0.25, 0.3) is 0 Å². The summed E-state index contributed by atoms with van der Waals surface area (Å²) >= 11 is 1.21. The number of esters is 1.